The summed E-state index contributed by atoms with van der Waals surface area (Å²) in [4.78, 5) is 0. The summed E-state index contributed by atoms with van der Waals surface area (Å²) in [5, 5.41) is 29.2. The lowest BCUT2D eigenvalue weighted by molar-refractivity contribution is 0.212. The van der Waals surface area contributed by atoms with Gasteiger partial charge in [-0.3, -0.25) is 0 Å². The lowest BCUT2D eigenvalue weighted by Gasteiger charge is -2.22. The molecule has 4 heteroatoms. The Morgan fingerprint density at radius 1 is 1.00 bits per heavy atom. The Labute approximate surface area is 109 Å². The van der Waals surface area contributed by atoms with Gasteiger partial charge in [0.25, 0.3) is 0 Å². The lowest BCUT2D eigenvalue weighted by Crippen LogP contribution is -2.08. The van der Waals surface area contributed by atoms with Gasteiger partial charge in [-0.05, 0) is 30.3 Å². The van der Waals surface area contributed by atoms with Crippen molar-refractivity contribution in [2.75, 3.05) is 0 Å². The molecule has 19 heavy (non-hydrogen) atoms. The minimum absolute atomic E-state index is 0.00351. The molecule has 0 aromatic heterocycles. The van der Waals surface area contributed by atoms with Crippen molar-refractivity contribution in [1.82, 2.24) is 0 Å². The highest BCUT2D eigenvalue weighted by Crippen LogP contribution is 2.41. The number of phenolic OH excluding ortho intramolecular Hbond substituents is 2. The molecule has 0 bridgehead atoms. The largest absolute Gasteiger partial charge is 0.508 e. The zero-order valence-corrected chi connectivity index (χ0v) is 9.95. The van der Waals surface area contributed by atoms with Gasteiger partial charge in [0.2, 0.25) is 0 Å². The number of benzene rings is 2. The molecule has 2 aromatic rings. The van der Waals surface area contributed by atoms with E-state index in [0.717, 1.165) is 0 Å². The normalized spacial score (nSPS) is 17.3. The Bertz CT molecular complexity index is 661. The summed E-state index contributed by atoms with van der Waals surface area (Å²) >= 11 is 0. The molecule has 96 valence electrons. The van der Waals surface area contributed by atoms with Crippen LogP contribution in [-0.4, -0.2) is 15.3 Å². The number of phenols is 2. The molecule has 4 nitrogen and oxygen atoms in total. The maximum atomic E-state index is 10.1. The first-order chi connectivity index (χ1) is 9.15. The zero-order valence-electron chi connectivity index (χ0n) is 9.95. The van der Waals surface area contributed by atoms with Crippen LogP contribution in [0.15, 0.2) is 48.5 Å². The van der Waals surface area contributed by atoms with Gasteiger partial charge in [-0.2, -0.15) is 0 Å². The summed E-state index contributed by atoms with van der Waals surface area (Å²) in [6.07, 6.45) is 0.555. The third kappa shape index (κ3) is 2.02. The monoisotopic (exact) mass is 256 g/mol. The van der Waals surface area contributed by atoms with Gasteiger partial charge in [-0.1, -0.05) is 18.2 Å². The Hall–Kier alpha value is -2.46. The molecule has 2 aromatic carbocycles. The quantitative estimate of drug-likeness (QED) is 0.733. The number of aliphatic hydroxyl groups is 1. The summed E-state index contributed by atoms with van der Waals surface area (Å²) in [5.41, 5.74) is 1.01. The number of rotatable bonds is 1. The number of ether oxygens (including phenoxy) is 1. The molecule has 1 aliphatic rings. The molecule has 0 saturated carbocycles. The van der Waals surface area contributed by atoms with Crippen molar-refractivity contribution >= 4 is 5.76 Å². The molecule has 0 saturated heterocycles. The van der Waals surface area contributed by atoms with E-state index in [9.17, 15) is 15.3 Å². The maximum absolute atomic E-state index is 10.1. The first-order valence-electron chi connectivity index (χ1n) is 5.84. The van der Waals surface area contributed by atoms with E-state index in [1.807, 2.05) is 0 Å². The average Bonchev–Trinajstić information content (AvgIpc) is 2.38. The van der Waals surface area contributed by atoms with Gasteiger partial charge in [-0.25, -0.2) is 0 Å². The van der Waals surface area contributed by atoms with Crippen LogP contribution in [0, 0.1) is 0 Å². The fraction of sp³-hybridized carbons (Fsp3) is 0.0667. The summed E-state index contributed by atoms with van der Waals surface area (Å²) in [6.45, 7) is 0. The molecule has 3 rings (SSSR count). The highest BCUT2D eigenvalue weighted by atomic mass is 16.5. The molecule has 1 aliphatic heterocycles. The van der Waals surface area contributed by atoms with Crippen LogP contribution < -0.4 is 4.74 Å². The van der Waals surface area contributed by atoms with E-state index in [1.165, 1.54) is 12.1 Å². The first-order valence-corrected chi connectivity index (χ1v) is 5.84. The molecule has 0 spiro atoms. The van der Waals surface area contributed by atoms with Crippen LogP contribution >= 0.6 is 0 Å². The number of hydrogen-bond donors (Lipinski definition) is 3. The summed E-state index contributed by atoms with van der Waals surface area (Å²) in [6, 6.07) is 11.4. The van der Waals surface area contributed by atoms with Crippen LogP contribution in [0.1, 0.15) is 17.2 Å². The molecule has 1 heterocycles. The van der Waals surface area contributed by atoms with Crippen molar-refractivity contribution in [1.29, 1.82) is 0 Å². The minimum Gasteiger partial charge on any atom is -0.508 e. The van der Waals surface area contributed by atoms with E-state index in [0.29, 0.717) is 22.6 Å². The fourth-order valence-electron chi connectivity index (χ4n) is 2.11. The van der Waals surface area contributed by atoms with Crippen molar-refractivity contribution < 1.29 is 20.1 Å². The SMILES string of the molecule is Oc1cccc(C2=CC(O)c3c(O)cccc3O2)c1. The molecule has 0 amide bonds. The van der Waals surface area contributed by atoms with Crippen LogP contribution in [0.25, 0.3) is 5.76 Å². The van der Waals surface area contributed by atoms with Crippen LogP contribution in [0.5, 0.6) is 17.2 Å². The van der Waals surface area contributed by atoms with Gasteiger partial charge >= 0.3 is 0 Å². The van der Waals surface area contributed by atoms with Gasteiger partial charge in [0.15, 0.2) is 0 Å². The van der Waals surface area contributed by atoms with Crippen LogP contribution in [0.2, 0.25) is 0 Å². The van der Waals surface area contributed by atoms with Gasteiger partial charge < -0.3 is 20.1 Å². The van der Waals surface area contributed by atoms with E-state index in [4.69, 9.17) is 4.74 Å². The van der Waals surface area contributed by atoms with Gasteiger partial charge in [0, 0.05) is 5.56 Å². The third-order valence-corrected chi connectivity index (χ3v) is 3.00. The zero-order chi connectivity index (χ0) is 13.4. The van der Waals surface area contributed by atoms with E-state index in [-0.39, 0.29) is 11.5 Å². The average molecular weight is 256 g/mol. The fourth-order valence-corrected chi connectivity index (χ4v) is 2.11. The highest BCUT2D eigenvalue weighted by molar-refractivity contribution is 5.68. The summed E-state index contributed by atoms with van der Waals surface area (Å²) in [7, 11) is 0. The van der Waals surface area contributed by atoms with Gasteiger partial charge in [-0.15, -0.1) is 0 Å². The minimum atomic E-state index is -0.942. The maximum Gasteiger partial charge on any atom is 0.137 e. The topological polar surface area (TPSA) is 69.9 Å². The highest BCUT2D eigenvalue weighted by Gasteiger charge is 2.23. The molecular weight excluding hydrogens is 244 g/mol. The van der Waals surface area contributed by atoms with Crippen molar-refractivity contribution in [2.45, 2.75) is 6.10 Å². The Kier molecular flexibility index (Phi) is 2.65. The molecule has 1 atom stereocenters. The van der Waals surface area contributed by atoms with E-state index < -0.39 is 6.10 Å². The van der Waals surface area contributed by atoms with Gasteiger partial charge in [0.05, 0.1) is 5.56 Å². The number of aliphatic hydroxyl groups excluding tert-OH is 1. The standard InChI is InChI=1S/C15H12O4/c16-10-4-1-3-9(7-10)14-8-12(18)15-11(17)5-2-6-13(15)19-14/h1-8,12,16-18H. The molecule has 3 N–H and O–H groups in total. The second kappa shape index (κ2) is 4.33. The molecule has 0 radical (unpaired) electrons. The van der Waals surface area contributed by atoms with E-state index in [1.54, 1.807) is 36.4 Å². The van der Waals surface area contributed by atoms with Crippen molar-refractivity contribution in [3.8, 4) is 17.2 Å². The summed E-state index contributed by atoms with van der Waals surface area (Å²) < 4.78 is 5.65. The predicted molar refractivity (Wildman–Crippen MR) is 69.8 cm³/mol. The lowest BCUT2D eigenvalue weighted by atomic mass is 10.0. The van der Waals surface area contributed by atoms with Crippen molar-refractivity contribution in [3.63, 3.8) is 0 Å². The Balaban J connectivity index is 2.05. The summed E-state index contributed by atoms with van der Waals surface area (Å²) in [5.74, 6) is 0.976. The molecule has 0 fully saturated rings. The van der Waals surface area contributed by atoms with Crippen LogP contribution in [-0.2, 0) is 0 Å². The number of hydrogen-bond acceptors (Lipinski definition) is 4. The second-order valence-corrected chi connectivity index (χ2v) is 4.32. The van der Waals surface area contributed by atoms with Crippen molar-refractivity contribution in [2.24, 2.45) is 0 Å². The van der Waals surface area contributed by atoms with Gasteiger partial charge in [0.1, 0.15) is 29.1 Å². The van der Waals surface area contributed by atoms with Crippen molar-refractivity contribution in [3.05, 3.63) is 59.7 Å². The Morgan fingerprint density at radius 3 is 2.58 bits per heavy atom. The van der Waals surface area contributed by atoms with Crippen LogP contribution in [0.4, 0.5) is 0 Å². The molecule has 1 unspecified atom stereocenters. The van der Waals surface area contributed by atoms with E-state index in [2.05, 4.69) is 0 Å². The van der Waals surface area contributed by atoms with E-state index >= 15 is 0 Å². The molecule has 0 aliphatic carbocycles. The smallest absolute Gasteiger partial charge is 0.137 e. The molecular formula is C15H12O4. The number of aromatic hydroxyl groups is 2. The second-order valence-electron chi connectivity index (χ2n) is 4.32. The first kappa shape index (κ1) is 11.6. The number of fused-ring (bicyclic) bond motifs is 1. The Morgan fingerprint density at radius 2 is 1.79 bits per heavy atom. The van der Waals surface area contributed by atoms with Crippen LogP contribution in [0.3, 0.4) is 0 Å². The predicted octanol–water partition coefficient (Wildman–Crippen LogP) is 2.56. The third-order valence-electron chi connectivity index (χ3n) is 3.00.